The molecule has 1 aliphatic heterocycles. The van der Waals surface area contributed by atoms with Gasteiger partial charge in [-0.1, -0.05) is 0 Å². The van der Waals surface area contributed by atoms with Crippen LogP contribution in [0.15, 0.2) is 34.9 Å². The Labute approximate surface area is 187 Å². The quantitative estimate of drug-likeness (QED) is 0.473. The van der Waals surface area contributed by atoms with E-state index in [0.29, 0.717) is 10.6 Å². The number of anilines is 1. The Morgan fingerprint density at radius 3 is 2.28 bits per heavy atom. The molecule has 1 amide bonds. The number of hydrogen-bond acceptors (Lipinski definition) is 5. The molecule has 0 aromatic heterocycles. The number of sulfone groups is 1. The van der Waals surface area contributed by atoms with Gasteiger partial charge in [0.05, 0.1) is 17.3 Å². The van der Waals surface area contributed by atoms with Gasteiger partial charge < -0.3 is 4.90 Å². The maximum Gasteiger partial charge on any atom is 0.420 e. The van der Waals surface area contributed by atoms with E-state index in [9.17, 15) is 30.8 Å². The number of amides is 1. The number of nitriles is 1. The van der Waals surface area contributed by atoms with Crippen LogP contribution in [0.4, 0.5) is 23.2 Å². The first-order valence-corrected chi connectivity index (χ1v) is 11.5. The first-order valence-electron chi connectivity index (χ1n) is 9.20. The Bertz CT molecular complexity index is 1240. The maximum atomic E-state index is 15.0. The predicted molar refractivity (Wildman–Crippen MR) is 112 cm³/mol. The summed E-state index contributed by atoms with van der Waals surface area (Å²) < 4.78 is 78.7. The van der Waals surface area contributed by atoms with Crippen LogP contribution in [0.25, 0.3) is 0 Å². The van der Waals surface area contributed by atoms with Crippen molar-refractivity contribution in [1.29, 1.82) is 5.26 Å². The minimum Gasteiger partial charge on any atom is -0.307 e. The Morgan fingerprint density at radius 2 is 1.81 bits per heavy atom. The number of nitrogens with zero attached hydrogens (tertiary/aromatic N) is 3. The van der Waals surface area contributed by atoms with E-state index in [1.54, 1.807) is 0 Å². The van der Waals surface area contributed by atoms with Crippen molar-refractivity contribution >= 4 is 38.8 Å². The third kappa shape index (κ3) is 3.80. The lowest BCUT2D eigenvalue weighted by Gasteiger charge is -2.33. The molecule has 0 radical (unpaired) electrons. The van der Waals surface area contributed by atoms with E-state index in [2.05, 4.69) is 0 Å². The van der Waals surface area contributed by atoms with Crippen molar-refractivity contribution in [3.05, 3.63) is 51.8 Å². The van der Waals surface area contributed by atoms with Crippen LogP contribution in [0.2, 0.25) is 0 Å². The summed E-state index contributed by atoms with van der Waals surface area (Å²) in [5.74, 6) is -2.54. The molecule has 12 heteroatoms. The third-order valence-corrected chi connectivity index (χ3v) is 6.94. The summed E-state index contributed by atoms with van der Waals surface area (Å²) in [7, 11) is -3.41. The lowest BCUT2D eigenvalue weighted by atomic mass is 10.00. The van der Waals surface area contributed by atoms with Gasteiger partial charge in [0.25, 0.3) is 5.91 Å². The zero-order valence-electron chi connectivity index (χ0n) is 17.1. The molecule has 32 heavy (non-hydrogen) atoms. The minimum atomic E-state index is -5.16. The van der Waals surface area contributed by atoms with Crippen molar-refractivity contribution in [2.24, 2.45) is 0 Å². The summed E-state index contributed by atoms with van der Waals surface area (Å²) in [5.41, 5.74) is -4.32. The van der Waals surface area contributed by atoms with Gasteiger partial charge in [-0.3, -0.25) is 9.69 Å². The van der Waals surface area contributed by atoms with Crippen molar-refractivity contribution in [2.45, 2.75) is 38.4 Å². The van der Waals surface area contributed by atoms with Gasteiger partial charge in [0.1, 0.15) is 11.1 Å². The lowest BCUT2D eigenvalue weighted by molar-refractivity contribution is -0.140. The molecule has 3 rings (SSSR count). The highest BCUT2D eigenvalue weighted by atomic mass is 32.2. The van der Waals surface area contributed by atoms with Crippen LogP contribution >= 0.6 is 12.2 Å². The zero-order chi connectivity index (χ0) is 24.2. The summed E-state index contributed by atoms with van der Waals surface area (Å²) in [4.78, 5) is 15.4. The molecule has 2 aliphatic rings. The fraction of sp³-hybridized carbons (Fsp3) is 0.350. The highest BCUT2D eigenvalue weighted by molar-refractivity contribution is 7.94. The standard InChI is InChI=1S/C20H17F4N3O3S2/c1-19(2)17(28)26(14-9-4-11(10-25)15(16(14)21)20(22,23)24)18(31)27(19)12-5-7-13(8-6-12)32(3,29)30/h4-5,7,9H,6,8H2,1-3H3. The molecule has 1 aromatic rings. The van der Waals surface area contributed by atoms with Crippen LogP contribution < -0.4 is 4.90 Å². The van der Waals surface area contributed by atoms with E-state index in [0.717, 1.165) is 18.4 Å². The second-order valence-electron chi connectivity index (χ2n) is 7.81. The number of rotatable bonds is 3. The second kappa shape index (κ2) is 7.67. The van der Waals surface area contributed by atoms with E-state index in [-0.39, 0.29) is 22.9 Å². The summed E-state index contributed by atoms with van der Waals surface area (Å²) >= 11 is 5.35. The molecular weight excluding hydrogens is 470 g/mol. The number of halogens is 4. The van der Waals surface area contributed by atoms with Gasteiger partial charge in [-0.2, -0.15) is 18.4 Å². The van der Waals surface area contributed by atoms with E-state index in [4.69, 9.17) is 17.5 Å². The molecule has 0 bridgehead atoms. The molecule has 0 saturated carbocycles. The highest BCUT2D eigenvalue weighted by Gasteiger charge is 2.52. The number of hydrogen-bond donors (Lipinski definition) is 0. The molecule has 1 aromatic carbocycles. The summed E-state index contributed by atoms with van der Waals surface area (Å²) in [6.07, 6.45) is -0.890. The fourth-order valence-corrected chi connectivity index (χ4v) is 5.01. The Balaban J connectivity index is 2.12. The Morgan fingerprint density at radius 1 is 1.19 bits per heavy atom. The molecule has 1 aliphatic carbocycles. The average molecular weight is 488 g/mol. The van der Waals surface area contributed by atoms with Crippen molar-refractivity contribution in [3.63, 3.8) is 0 Å². The largest absolute Gasteiger partial charge is 0.420 e. The van der Waals surface area contributed by atoms with Crippen LogP contribution in [0, 0.1) is 17.1 Å². The number of alkyl halides is 3. The molecule has 1 fully saturated rings. The van der Waals surface area contributed by atoms with Gasteiger partial charge in [-0.15, -0.1) is 0 Å². The fourth-order valence-electron chi connectivity index (χ4n) is 3.70. The van der Waals surface area contributed by atoms with E-state index >= 15 is 0 Å². The zero-order valence-corrected chi connectivity index (χ0v) is 18.8. The Kier molecular flexibility index (Phi) is 5.72. The molecule has 6 nitrogen and oxygen atoms in total. The molecule has 1 heterocycles. The average Bonchev–Trinajstić information content (AvgIpc) is 2.84. The van der Waals surface area contributed by atoms with Gasteiger partial charge >= 0.3 is 6.18 Å². The summed E-state index contributed by atoms with van der Waals surface area (Å²) in [6.45, 7) is 2.95. The van der Waals surface area contributed by atoms with Crippen molar-refractivity contribution in [1.82, 2.24) is 4.90 Å². The molecule has 0 spiro atoms. The normalized spacial score (nSPS) is 19.1. The molecule has 0 unspecified atom stereocenters. The lowest BCUT2D eigenvalue weighted by Crippen LogP contribution is -2.43. The number of allylic oxidation sites excluding steroid dienone is 4. The van der Waals surface area contributed by atoms with Gasteiger partial charge in [-0.05, 0) is 63.2 Å². The summed E-state index contributed by atoms with van der Waals surface area (Å²) in [6, 6.07) is 3.00. The van der Waals surface area contributed by atoms with Crippen LogP contribution in [0.5, 0.6) is 0 Å². The van der Waals surface area contributed by atoms with E-state index in [1.807, 2.05) is 0 Å². The number of thiocarbonyl (C=S) groups is 1. The SMILES string of the molecule is CC1(C)C(=O)N(c2ccc(C#N)c(C(F)(F)F)c2F)C(=S)N1C1=CC=C(S(C)(=O)=O)CC1. The Hall–Kier alpha value is -2.78. The smallest absolute Gasteiger partial charge is 0.307 e. The summed E-state index contributed by atoms with van der Waals surface area (Å²) in [5, 5.41) is 8.70. The van der Waals surface area contributed by atoms with Gasteiger partial charge in [0, 0.05) is 16.9 Å². The number of benzene rings is 1. The van der Waals surface area contributed by atoms with E-state index < -0.39 is 50.1 Å². The van der Waals surface area contributed by atoms with Crippen molar-refractivity contribution < 1.29 is 30.8 Å². The van der Waals surface area contributed by atoms with Gasteiger partial charge in [0.15, 0.2) is 20.8 Å². The molecule has 1 saturated heterocycles. The highest BCUT2D eigenvalue weighted by Crippen LogP contribution is 2.42. The van der Waals surface area contributed by atoms with Crippen LogP contribution in [0.3, 0.4) is 0 Å². The second-order valence-corrected chi connectivity index (χ2v) is 10.2. The van der Waals surface area contributed by atoms with Crippen molar-refractivity contribution in [2.75, 3.05) is 11.2 Å². The van der Waals surface area contributed by atoms with Gasteiger partial charge in [-0.25, -0.2) is 12.8 Å². The molecule has 0 N–H and O–H groups in total. The number of carbonyl (C=O) groups excluding carboxylic acids is 1. The molecule has 170 valence electrons. The first kappa shape index (κ1) is 23.9. The van der Waals surface area contributed by atoms with Gasteiger partial charge in [0.2, 0.25) is 0 Å². The third-order valence-electron chi connectivity index (χ3n) is 5.29. The molecular formula is C20H17F4N3O3S2. The van der Waals surface area contributed by atoms with Crippen LogP contribution in [0.1, 0.15) is 37.8 Å². The molecule has 0 atom stereocenters. The maximum absolute atomic E-state index is 15.0. The predicted octanol–water partition coefficient (Wildman–Crippen LogP) is 4.03. The van der Waals surface area contributed by atoms with Crippen LogP contribution in [-0.4, -0.2) is 36.1 Å². The minimum absolute atomic E-state index is 0.150. The van der Waals surface area contributed by atoms with E-state index in [1.165, 1.54) is 37.0 Å². The number of carbonyl (C=O) groups is 1. The van der Waals surface area contributed by atoms with Crippen LogP contribution in [-0.2, 0) is 20.8 Å². The monoisotopic (exact) mass is 487 g/mol. The first-order chi connectivity index (χ1) is 14.6. The van der Waals surface area contributed by atoms with Crippen molar-refractivity contribution in [3.8, 4) is 6.07 Å². The topological polar surface area (TPSA) is 81.5 Å².